The minimum atomic E-state index is -0.850. The molecule has 1 atom stereocenters. The molecule has 2 heterocycles. The second-order valence-electron chi connectivity index (χ2n) is 5.68. The summed E-state index contributed by atoms with van der Waals surface area (Å²) < 4.78 is 5.34. The maximum absolute atomic E-state index is 13.1. The van der Waals surface area contributed by atoms with Crippen molar-refractivity contribution in [1.29, 1.82) is 0 Å². The fourth-order valence-electron chi connectivity index (χ4n) is 3.17. The van der Waals surface area contributed by atoms with Gasteiger partial charge in [-0.25, -0.2) is 0 Å². The molecule has 0 aromatic heterocycles. The summed E-state index contributed by atoms with van der Waals surface area (Å²) >= 11 is 5.18. The molecule has 0 bridgehead atoms. The molecule has 3 N–H and O–H groups in total. The fraction of sp³-hybridized carbons (Fsp3) is 0.786. The van der Waals surface area contributed by atoms with Crippen molar-refractivity contribution < 1.29 is 14.3 Å². The Morgan fingerprint density at radius 1 is 1.33 bits per heavy atom. The van der Waals surface area contributed by atoms with Gasteiger partial charge in [0.2, 0.25) is 11.8 Å². The number of carbonyl (C=O) groups is 2. The van der Waals surface area contributed by atoms with Gasteiger partial charge in [-0.15, -0.1) is 0 Å². The number of nitrogens with two attached hydrogens (primary N) is 1. The van der Waals surface area contributed by atoms with Crippen molar-refractivity contribution in [2.45, 2.75) is 38.1 Å². The molecule has 21 heavy (non-hydrogen) atoms. The SMILES string of the molecule is CNC(=O)C1CCCCN1C(=O)C1(C(N)=S)CCOCC1. The standard InChI is InChI=1S/C14H23N3O3S/c1-16-11(18)10-4-2-3-7-17(10)13(19)14(12(15)21)5-8-20-9-6-14/h10H,2-9H2,1H3,(H2,15,21)(H,16,18). The number of amides is 2. The molecule has 0 radical (unpaired) electrons. The van der Waals surface area contributed by atoms with E-state index in [0.29, 0.717) is 39.0 Å². The van der Waals surface area contributed by atoms with E-state index < -0.39 is 11.5 Å². The van der Waals surface area contributed by atoms with E-state index in [2.05, 4.69) is 5.32 Å². The maximum Gasteiger partial charge on any atom is 0.242 e. The van der Waals surface area contributed by atoms with Crippen LogP contribution in [0.25, 0.3) is 0 Å². The van der Waals surface area contributed by atoms with E-state index in [1.54, 1.807) is 11.9 Å². The van der Waals surface area contributed by atoms with Gasteiger partial charge in [-0.05, 0) is 32.1 Å². The lowest BCUT2D eigenvalue weighted by atomic mass is 9.77. The Kier molecular flexibility index (Phi) is 5.16. The summed E-state index contributed by atoms with van der Waals surface area (Å²) in [6.45, 7) is 1.53. The number of likely N-dealkylation sites (tertiary alicyclic amines) is 1. The molecule has 0 saturated carbocycles. The molecular formula is C14H23N3O3S. The lowest BCUT2D eigenvalue weighted by Crippen LogP contribution is -2.59. The van der Waals surface area contributed by atoms with Gasteiger partial charge in [0.1, 0.15) is 11.5 Å². The van der Waals surface area contributed by atoms with Gasteiger partial charge in [0.25, 0.3) is 0 Å². The summed E-state index contributed by atoms with van der Waals surface area (Å²) in [5.41, 5.74) is 5.04. The van der Waals surface area contributed by atoms with E-state index in [9.17, 15) is 9.59 Å². The van der Waals surface area contributed by atoms with E-state index >= 15 is 0 Å². The molecule has 2 saturated heterocycles. The predicted octanol–water partition coefficient (Wildman–Crippen LogP) is 0.196. The van der Waals surface area contributed by atoms with Gasteiger partial charge >= 0.3 is 0 Å². The average Bonchev–Trinajstić information content (AvgIpc) is 2.53. The number of piperidine rings is 1. The normalized spacial score (nSPS) is 25.2. The van der Waals surface area contributed by atoms with Crippen molar-refractivity contribution in [2.75, 3.05) is 26.8 Å². The number of ether oxygens (including phenoxy) is 1. The van der Waals surface area contributed by atoms with Crippen molar-refractivity contribution in [3.05, 3.63) is 0 Å². The zero-order chi connectivity index (χ0) is 15.5. The Balaban J connectivity index is 2.25. The van der Waals surface area contributed by atoms with Gasteiger partial charge in [0.05, 0.1) is 4.99 Å². The number of hydrogen-bond donors (Lipinski definition) is 2. The largest absolute Gasteiger partial charge is 0.392 e. The first-order chi connectivity index (χ1) is 10.0. The number of carbonyl (C=O) groups excluding carboxylic acids is 2. The zero-order valence-electron chi connectivity index (χ0n) is 12.4. The molecule has 6 nitrogen and oxygen atoms in total. The number of thiocarbonyl (C=S) groups is 1. The van der Waals surface area contributed by atoms with E-state index in [-0.39, 0.29) is 16.8 Å². The number of rotatable bonds is 3. The van der Waals surface area contributed by atoms with Crippen LogP contribution in [-0.2, 0) is 14.3 Å². The van der Waals surface area contributed by atoms with Gasteiger partial charge in [-0.2, -0.15) is 0 Å². The molecule has 0 aliphatic carbocycles. The smallest absolute Gasteiger partial charge is 0.242 e. The monoisotopic (exact) mass is 313 g/mol. The summed E-state index contributed by atoms with van der Waals surface area (Å²) in [6.07, 6.45) is 3.54. The van der Waals surface area contributed by atoms with Gasteiger partial charge in [0.15, 0.2) is 0 Å². The molecule has 1 unspecified atom stereocenters. The van der Waals surface area contributed by atoms with Crippen molar-refractivity contribution in [3.8, 4) is 0 Å². The second-order valence-corrected chi connectivity index (χ2v) is 6.12. The van der Waals surface area contributed by atoms with Crippen molar-refractivity contribution >= 4 is 29.0 Å². The van der Waals surface area contributed by atoms with Crippen LogP contribution < -0.4 is 11.1 Å². The van der Waals surface area contributed by atoms with Crippen LogP contribution in [0.3, 0.4) is 0 Å². The average molecular weight is 313 g/mol. The highest BCUT2D eigenvalue weighted by atomic mass is 32.1. The highest BCUT2D eigenvalue weighted by Crippen LogP contribution is 2.35. The molecule has 0 spiro atoms. The quantitative estimate of drug-likeness (QED) is 0.727. The highest BCUT2D eigenvalue weighted by molar-refractivity contribution is 7.80. The van der Waals surface area contributed by atoms with Gasteiger partial charge in [-0.3, -0.25) is 9.59 Å². The Labute approximate surface area is 130 Å². The molecule has 2 aliphatic rings. The van der Waals surface area contributed by atoms with Crippen molar-refractivity contribution in [1.82, 2.24) is 10.2 Å². The maximum atomic E-state index is 13.1. The van der Waals surface area contributed by atoms with Crippen LogP contribution in [0.5, 0.6) is 0 Å². The molecule has 0 aromatic carbocycles. The summed E-state index contributed by atoms with van der Waals surface area (Å²) in [4.78, 5) is 27.0. The number of hydrogen-bond acceptors (Lipinski definition) is 4. The van der Waals surface area contributed by atoms with Crippen LogP contribution in [0.2, 0.25) is 0 Å². The van der Waals surface area contributed by atoms with E-state index in [1.807, 2.05) is 0 Å². The third kappa shape index (κ3) is 3.03. The first kappa shape index (κ1) is 16.2. The molecule has 2 aliphatic heterocycles. The minimum absolute atomic E-state index is 0.105. The lowest BCUT2D eigenvalue weighted by Gasteiger charge is -2.43. The van der Waals surface area contributed by atoms with E-state index in [1.165, 1.54) is 0 Å². The highest BCUT2D eigenvalue weighted by Gasteiger charge is 2.47. The van der Waals surface area contributed by atoms with Crippen molar-refractivity contribution in [3.63, 3.8) is 0 Å². The third-order valence-electron chi connectivity index (χ3n) is 4.54. The second kappa shape index (κ2) is 6.70. The number of nitrogens with one attached hydrogen (secondary N) is 1. The molecule has 0 aromatic rings. The van der Waals surface area contributed by atoms with E-state index in [0.717, 1.165) is 12.8 Å². The summed E-state index contributed by atoms with van der Waals surface area (Å²) in [5.74, 6) is -0.222. The lowest BCUT2D eigenvalue weighted by molar-refractivity contribution is -0.150. The predicted molar refractivity (Wildman–Crippen MR) is 82.7 cm³/mol. The van der Waals surface area contributed by atoms with E-state index in [4.69, 9.17) is 22.7 Å². The molecule has 7 heteroatoms. The number of nitrogens with zero attached hydrogens (tertiary/aromatic N) is 1. The van der Waals surface area contributed by atoms with Gasteiger partial charge in [0, 0.05) is 26.8 Å². The summed E-state index contributed by atoms with van der Waals surface area (Å²) in [5, 5.41) is 2.64. The molecular weight excluding hydrogens is 290 g/mol. The van der Waals surface area contributed by atoms with Gasteiger partial charge < -0.3 is 20.7 Å². The molecule has 2 amide bonds. The van der Waals surface area contributed by atoms with Crippen LogP contribution in [0.1, 0.15) is 32.1 Å². The topological polar surface area (TPSA) is 84.7 Å². The van der Waals surface area contributed by atoms with Crippen LogP contribution in [0.4, 0.5) is 0 Å². The Hall–Kier alpha value is -1.21. The van der Waals surface area contributed by atoms with Gasteiger partial charge in [-0.1, -0.05) is 12.2 Å². The Morgan fingerprint density at radius 3 is 2.57 bits per heavy atom. The number of likely N-dealkylation sites (N-methyl/N-ethyl adjacent to an activating group) is 1. The Bertz CT molecular complexity index is 435. The molecule has 118 valence electrons. The molecule has 2 fully saturated rings. The summed E-state index contributed by atoms with van der Waals surface area (Å²) in [6, 6.07) is -0.412. The van der Waals surface area contributed by atoms with Crippen LogP contribution in [0, 0.1) is 5.41 Å². The molecule has 2 rings (SSSR count). The fourth-order valence-corrected chi connectivity index (χ4v) is 3.47. The first-order valence-corrected chi connectivity index (χ1v) is 7.84. The van der Waals surface area contributed by atoms with Crippen LogP contribution >= 0.6 is 12.2 Å². The minimum Gasteiger partial charge on any atom is -0.392 e. The Morgan fingerprint density at radius 2 is 2.00 bits per heavy atom. The van der Waals surface area contributed by atoms with Crippen LogP contribution in [0.15, 0.2) is 0 Å². The summed E-state index contributed by atoms with van der Waals surface area (Å²) in [7, 11) is 1.59. The van der Waals surface area contributed by atoms with Crippen molar-refractivity contribution in [2.24, 2.45) is 11.1 Å². The zero-order valence-corrected chi connectivity index (χ0v) is 13.2. The third-order valence-corrected chi connectivity index (χ3v) is 4.93. The van der Waals surface area contributed by atoms with Crippen LogP contribution in [-0.4, -0.2) is 54.6 Å². The first-order valence-electron chi connectivity index (χ1n) is 7.43.